The second kappa shape index (κ2) is 6.06. The van der Waals surface area contributed by atoms with Gasteiger partial charge in [-0.05, 0) is 34.5 Å². The molecule has 102 valence electrons. The normalized spacial score (nSPS) is 18.3. The largest absolute Gasteiger partial charge is 0.444 e. The van der Waals surface area contributed by atoms with E-state index >= 15 is 0 Å². The van der Waals surface area contributed by atoms with E-state index in [2.05, 4.69) is 21.2 Å². The Morgan fingerprint density at radius 3 is 2.89 bits per heavy atom. The highest BCUT2D eigenvalue weighted by molar-refractivity contribution is 9.10. The third-order valence-corrected chi connectivity index (χ3v) is 3.59. The minimum absolute atomic E-state index is 0.0856. The first-order valence-electron chi connectivity index (χ1n) is 6.02. The highest BCUT2D eigenvalue weighted by atomic mass is 79.9. The van der Waals surface area contributed by atoms with Gasteiger partial charge in [0.05, 0.1) is 12.2 Å². The van der Waals surface area contributed by atoms with Gasteiger partial charge in [-0.2, -0.15) is 0 Å². The SMILES string of the molecule is CN1CC(CCC(=O)Nc2ccccc2Br)OC1=O. The number of likely N-dealkylation sites (N-methyl/N-ethyl adjacent to an activating group) is 1. The van der Waals surface area contributed by atoms with Crippen LogP contribution in [0.1, 0.15) is 12.8 Å². The number of ether oxygens (including phenoxy) is 1. The Morgan fingerprint density at radius 2 is 2.26 bits per heavy atom. The Balaban J connectivity index is 1.80. The van der Waals surface area contributed by atoms with Crippen molar-refractivity contribution in [3.63, 3.8) is 0 Å². The zero-order valence-corrected chi connectivity index (χ0v) is 12.1. The molecule has 1 atom stereocenters. The number of amides is 2. The molecule has 1 aliphatic rings. The van der Waals surface area contributed by atoms with Gasteiger partial charge in [-0.3, -0.25) is 4.79 Å². The predicted octanol–water partition coefficient (Wildman–Crippen LogP) is 2.62. The molecule has 5 nitrogen and oxygen atoms in total. The maximum absolute atomic E-state index is 11.8. The molecular weight excluding hydrogens is 312 g/mol. The Hall–Kier alpha value is -1.56. The van der Waals surface area contributed by atoms with Crippen molar-refractivity contribution in [1.29, 1.82) is 0 Å². The van der Waals surface area contributed by atoms with E-state index in [0.29, 0.717) is 19.4 Å². The molecule has 1 fully saturated rings. The molecule has 0 bridgehead atoms. The minimum Gasteiger partial charge on any atom is -0.444 e. The number of cyclic esters (lactones) is 1. The lowest BCUT2D eigenvalue weighted by Gasteiger charge is -2.09. The number of hydrogen-bond acceptors (Lipinski definition) is 3. The lowest BCUT2D eigenvalue weighted by molar-refractivity contribution is -0.116. The minimum atomic E-state index is -0.323. The van der Waals surface area contributed by atoms with Crippen LogP contribution in [0.25, 0.3) is 0 Å². The quantitative estimate of drug-likeness (QED) is 0.925. The Morgan fingerprint density at radius 1 is 1.53 bits per heavy atom. The second-order valence-corrected chi connectivity index (χ2v) is 5.31. The van der Waals surface area contributed by atoms with Crippen LogP contribution in [-0.4, -0.2) is 36.6 Å². The molecule has 0 spiro atoms. The van der Waals surface area contributed by atoms with Crippen LogP contribution in [0.4, 0.5) is 10.5 Å². The summed E-state index contributed by atoms with van der Waals surface area (Å²) in [7, 11) is 1.68. The number of hydrogen-bond donors (Lipinski definition) is 1. The van der Waals surface area contributed by atoms with Gasteiger partial charge in [-0.25, -0.2) is 4.79 Å². The van der Waals surface area contributed by atoms with Gasteiger partial charge in [0, 0.05) is 17.9 Å². The van der Waals surface area contributed by atoms with E-state index in [1.54, 1.807) is 7.05 Å². The highest BCUT2D eigenvalue weighted by Crippen LogP contribution is 2.21. The molecule has 1 saturated heterocycles. The summed E-state index contributed by atoms with van der Waals surface area (Å²) in [5, 5.41) is 2.82. The Bertz CT molecular complexity index is 493. The summed E-state index contributed by atoms with van der Waals surface area (Å²) in [6.07, 6.45) is 0.345. The van der Waals surface area contributed by atoms with Crippen LogP contribution < -0.4 is 5.32 Å². The van der Waals surface area contributed by atoms with Crippen molar-refractivity contribution in [1.82, 2.24) is 4.90 Å². The first-order valence-corrected chi connectivity index (χ1v) is 6.81. The number of anilines is 1. The van der Waals surface area contributed by atoms with Crippen molar-refractivity contribution in [2.24, 2.45) is 0 Å². The lowest BCUT2D eigenvalue weighted by Crippen LogP contribution is -2.20. The standard InChI is InChI=1S/C13H15BrN2O3/c1-16-8-9(19-13(16)18)6-7-12(17)15-11-5-3-2-4-10(11)14/h2-5,9H,6-8H2,1H3,(H,15,17). The van der Waals surface area contributed by atoms with E-state index in [0.717, 1.165) is 10.2 Å². The maximum atomic E-state index is 11.8. The molecule has 0 aromatic heterocycles. The molecule has 1 aromatic carbocycles. The second-order valence-electron chi connectivity index (χ2n) is 4.45. The summed E-state index contributed by atoms with van der Waals surface area (Å²) in [5.41, 5.74) is 0.744. The zero-order valence-electron chi connectivity index (χ0n) is 10.6. The topological polar surface area (TPSA) is 58.6 Å². The molecule has 1 unspecified atom stereocenters. The number of rotatable bonds is 4. The van der Waals surface area contributed by atoms with Crippen LogP contribution in [0.5, 0.6) is 0 Å². The van der Waals surface area contributed by atoms with E-state index in [1.807, 2.05) is 24.3 Å². The van der Waals surface area contributed by atoms with Gasteiger partial charge in [0.2, 0.25) is 5.91 Å². The first-order chi connectivity index (χ1) is 9.06. The number of halogens is 1. The molecule has 19 heavy (non-hydrogen) atoms. The smallest absolute Gasteiger partial charge is 0.409 e. The molecule has 1 heterocycles. The Kier molecular flexibility index (Phi) is 4.42. The number of carbonyl (C=O) groups excluding carboxylic acids is 2. The van der Waals surface area contributed by atoms with Crippen molar-refractivity contribution >= 4 is 33.6 Å². The van der Waals surface area contributed by atoms with Gasteiger partial charge in [-0.1, -0.05) is 12.1 Å². The number of nitrogens with one attached hydrogen (secondary N) is 1. The molecule has 6 heteroatoms. The van der Waals surface area contributed by atoms with Crippen LogP contribution >= 0.6 is 15.9 Å². The molecule has 1 aliphatic heterocycles. The third-order valence-electron chi connectivity index (χ3n) is 2.90. The predicted molar refractivity (Wildman–Crippen MR) is 74.9 cm³/mol. The van der Waals surface area contributed by atoms with Crippen LogP contribution in [-0.2, 0) is 9.53 Å². The van der Waals surface area contributed by atoms with Gasteiger partial charge in [0.25, 0.3) is 0 Å². The van der Waals surface area contributed by atoms with Crippen molar-refractivity contribution in [2.45, 2.75) is 18.9 Å². The molecular formula is C13H15BrN2O3. The maximum Gasteiger partial charge on any atom is 0.409 e. The van der Waals surface area contributed by atoms with Gasteiger partial charge in [0.15, 0.2) is 0 Å². The van der Waals surface area contributed by atoms with E-state index in [-0.39, 0.29) is 18.1 Å². The van der Waals surface area contributed by atoms with Crippen LogP contribution in [0.2, 0.25) is 0 Å². The number of para-hydroxylation sites is 1. The van der Waals surface area contributed by atoms with Crippen molar-refractivity contribution in [3.05, 3.63) is 28.7 Å². The average Bonchev–Trinajstić information content (AvgIpc) is 2.69. The summed E-state index contributed by atoms with van der Waals surface area (Å²) in [4.78, 5) is 24.5. The molecule has 0 saturated carbocycles. The molecule has 2 rings (SSSR count). The fourth-order valence-electron chi connectivity index (χ4n) is 1.87. The van der Waals surface area contributed by atoms with Gasteiger partial charge < -0.3 is 15.0 Å². The fraction of sp³-hybridized carbons (Fsp3) is 0.385. The third kappa shape index (κ3) is 3.70. The summed E-state index contributed by atoms with van der Waals surface area (Å²) in [6, 6.07) is 7.43. The van der Waals surface area contributed by atoms with E-state index in [9.17, 15) is 9.59 Å². The van der Waals surface area contributed by atoms with Crippen molar-refractivity contribution in [2.75, 3.05) is 18.9 Å². The molecule has 1 aromatic rings. The van der Waals surface area contributed by atoms with Crippen LogP contribution in [0, 0.1) is 0 Å². The number of nitrogens with zero attached hydrogens (tertiary/aromatic N) is 1. The first kappa shape index (κ1) is 13.9. The zero-order chi connectivity index (χ0) is 13.8. The highest BCUT2D eigenvalue weighted by Gasteiger charge is 2.28. The van der Waals surface area contributed by atoms with E-state index in [4.69, 9.17) is 4.74 Å². The number of benzene rings is 1. The molecule has 0 aliphatic carbocycles. The van der Waals surface area contributed by atoms with Crippen LogP contribution in [0.3, 0.4) is 0 Å². The number of carbonyl (C=O) groups is 2. The fourth-order valence-corrected chi connectivity index (χ4v) is 2.25. The summed E-state index contributed by atoms with van der Waals surface area (Å²) in [6.45, 7) is 0.543. The molecule has 0 radical (unpaired) electrons. The molecule has 1 N–H and O–H groups in total. The van der Waals surface area contributed by atoms with E-state index in [1.165, 1.54) is 4.90 Å². The van der Waals surface area contributed by atoms with Gasteiger partial charge in [0.1, 0.15) is 6.10 Å². The van der Waals surface area contributed by atoms with Crippen LogP contribution in [0.15, 0.2) is 28.7 Å². The summed E-state index contributed by atoms with van der Waals surface area (Å²) < 4.78 is 5.94. The van der Waals surface area contributed by atoms with Gasteiger partial charge >= 0.3 is 6.09 Å². The summed E-state index contributed by atoms with van der Waals surface area (Å²) in [5.74, 6) is -0.0856. The van der Waals surface area contributed by atoms with Crippen molar-refractivity contribution < 1.29 is 14.3 Å². The van der Waals surface area contributed by atoms with Crippen molar-refractivity contribution in [3.8, 4) is 0 Å². The Labute approximate surface area is 120 Å². The lowest BCUT2D eigenvalue weighted by atomic mass is 10.2. The average molecular weight is 327 g/mol. The molecule has 2 amide bonds. The van der Waals surface area contributed by atoms with E-state index < -0.39 is 0 Å². The monoisotopic (exact) mass is 326 g/mol. The van der Waals surface area contributed by atoms with Gasteiger partial charge in [-0.15, -0.1) is 0 Å². The summed E-state index contributed by atoms with van der Waals surface area (Å²) >= 11 is 3.37.